The number of aromatic nitrogens is 3. The molecule has 2 aromatic carbocycles. The third kappa shape index (κ3) is 5.96. The van der Waals surface area contributed by atoms with Crippen LogP contribution in [0, 0.1) is 0 Å². The lowest BCUT2D eigenvalue weighted by Gasteiger charge is -2.26. The van der Waals surface area contributed by atoms with E-state index in [2.05, 4.69) is 19.6 Å². The Bertz CT molecular complexity index is 1530. The topological polar surface area (TPSA) is 111 Å². The van der Waals surface area contributed by atoms with Crippen LogP contribution in [-0.4, -0.2) is 57.6 Å². The minimum atomic E-state index is -4.45. The van der Waals surface area contributed by atoms with Crippen molar-refractivity contribution in [1.29, 1.82) is 0 Å². The summed E-state index contributed by atoms with van der Waals surface area (Å²) in [5.41, 5.74) is 0.401. The number of hydrogen-bond acceptors (Lipinski definition) is 9. The third-order valence-corrected chi connectivity index (χ3v) is 7.92. The van der Waals surface area contributed by atoms with Crippen LogP contribution in [0.25, 0.3) is 22.0 Å². The van der Waals surface area contributed by atoms with Crippen LogP contribution >= 0.6 is 23.1 Å². The van der Waals surface area contributed by atoms with Crippen LogP contribution in [0.15, 0.2) is 51.8 Å². The molecule has 1 aliphatic rings. The van der Waals surface area contributed by atoms with Crippen molar-refractivity contribution in [3.05, 3.63) is 69.1 Å². The number of benzene rings is 2. The average Bonchev–Trinajstić information content (AvgIpc) is 3.58. The Kier molecular flexibility index (Phi) is 7.66. The zero-order valence-corrected chi connectivity index (χ0v) is 22.0. The number of rotatable bonds is 7. The van der Waals surface area contributed by atoms with Gasteiger partial charge in [-0.1, -0.05) is 17.3 Å². The molecule has 5 rings (SSSR count). The number of carbonyl (C=O) groups is 1. The summed E-state index contributed by atoms with van der Waals surface area (Å²) >= 11 is 2.95. The second kappa shape index (κ2) is 11.1. The van der Waals surface area contributed by atoms with Crippen LogP contribution in [0.3, 0.4) is 0 Å². The van der Waals surface area contributed by atoms with E-state index >= 15 is 0 Å². The summed E-state index contributed by atoms with van der Waals surface area (Å²) in [6.45, 7) is 1.16. The van der Waals surface area contributed by atoms with Gasteiger partial charge in [0.05, 0.1) is 23.1 Å². The first-order valence-corrected chi connectivity index (χ1v) is 13.6. The van der Waals surface area contributed by atoms with Crippen LogP contribution in [-0.2, 0) is 12.8 Å². The first-order valence-electron chi connectivity index (χ1n) is 11.6. The maximum atomic E-state index is 13.4. The Morgan fingerprint density at radius 3 is 2.54 bits per heavy atom. The highest BCUT2D eigenvalue weighted by atomic mass is 32.2. The molecule has 3 heterocycles. The number of hydrogen-bond donors (Lipinski definition) is 1. The lowest BCUT2D eigenvalue weighted by atomic mass is 10.1. The van der Waals surface area contributed by atoms with Crippen molar-refractivity contribution in [3.8, 4) is 33.5 Å². The Balaban J connectivity index is 1.42. The summed E-state index contributed by atoms with van der Waals surface area (Å²) in [7, 11) is 1.45. The number of nitrogens with zero attached hydrogens (tertiary/aromatic N) is 3. The molecule has 2 aromatic heterocycles. The fraction of sp³-hybridized carbons (Fsp3) is 0.280. The molecular formula is C25H21F3N4O5S2. The number of thioether (sulfide) groups is 1. The number of amides is 1. The molecule has 1 amide bonds. The van der Waals surface area contributed by atoms with E-state index in [1.807, 2.05) is 0 Å². The minimum absolute atomic E-state index is 0.00867. The van der Waals surface area contributed by atoms with E-state index in [0.29, 0.717) is 45.6 Å². The molecule has 4 aromatic rings. The number of methoxy groups -OCH3 is 1. The molecule has 1 saturated heterocycles. The largest absolute Gasteiger partial charge is 0.496 e. The number of carbonyl (C=O) groups excluding carboxylic acids is 1. The SMILES string of the molecule is COc1cc(OCc2sc(-c3ccc(C(F)(F)F)cc3)nc2C(=O)N2CCSCC2)ccc1-c1noc(=O)[nH]1. The zero-order valence-electron chi connectivity index (χ0n) is 20.4. The van der Waals surface area contributed by atoms with Crippen molar-refractivity contribution in [2.45, 2.75) is 12.8 Å². The predicted molar refractivity (Wildman–Crippen MR) is 139 cm³/mol. The van der Waals surface area contributed by atoms with E-state index in [9.17, 15) is 22.8 Å². The monoisotopic (exact) mass is 578 g/mol. The van der Waals surface area contributed by atoms with E-state index in [0.717, 1.165) is 23.6 Å². The molecule has 9 nitrogen and oxygen atoms in total. The quantitative estimate of drug-likeness (QED) is 0.328. The van der Waals surface area contributed by atoms with Gasteiger partial charge in [-0.3, -0.25) is 14.3 Å². The van der Waals surface area contributed by atoms with Gasteiger partial charge < -0.3 is 14.4 Å². The summed E-state index contributed by atoms with van der Waals surface area (Å²) in [4.78, 5) is 33.9. The Morgan fingerprint density at radius 1 is 1.15 bits per heavy atom. The van der Waals surface area contributed by atoms with Gasteiger partial charge in [0.1, 0.15) is 28.8 Å². The molecule has 1 N–H and O–H groups in total. The van der Waals surface area contributed by atoms with Crippen LogP contribution in [0.4, 0.5) is 13.2 Å². The summed E-state index contributed by atoms with van der Waals surface area (Å²) in [6.07, 6.45) is -4.45. The molecular weight excluding hydrogens is 557 g/mol. The normalized spacial score (nSPS) is 13.9. The van der Waals surface area contributed by atoms with Crippen molar-refractivity contribution in [2.24, 2.45) is 0 Å². The van der Waals surface area contributed by atoms with Gasteiger partial charge in [-0.25, -0.2) is 9.78 Å². The Hall–Kier alpha value is -3.78. The fourth-order valence-corrected chi connectivity index (χ4v) is 5.78. The van der Waals surface area contributed by atoms with Gasteiger partial charge in [0.25, 0.3) is 5.91 Å². The van der Waals surface area contributed by atoms with E-state index < -0.39 is 17.5 Å². The van der Waals surface area contributed by atoms with Crippen molar-refractivity contribution in [2.75, 3.05) is 31.7 Å². The highest BCUT2D eigenvalue weighted by Crippen LogP contribution is 2.35. The van der Waals surface area contributed by atoms with Crippen LogP contribution < -0.4 is 15.2 Å². The van der Waals surface area contributed by atoms with Gasteiger partial charge in [-0.15, -0.1) is 11.3 Å². The number of ether oxygens (including phenoxy) is 2. The second-order valence-electron chi connectivity index (χ2n) is 8.36. The van der Waals surface area contributed by atoms with E-state index in [1.165, 1.54) is 30.6 Å². The number of alkyl halides is 3. The molecule has 39 heavy (non-hydrogen) atoms. The van der Waals surface area contributed by atoms with Crippen molar-refractivity contribution >= 4 is 29.0 Å². The summed E-state index contributed by atoms with van der Waals surface area (Å²) in [5.74, 6) is 1.66. The maximum absolute atomic E-state index is 13.4. The van der Waals surface area contributed by atoms with Gasteiger partial charge in [-0.05, 0) is 24.3 Å². The summed E-state index contributed by atoms with van der Waals surface area (Å²) in [6, 6.07) is 9.56. The molecule has 0 bridgehead atoms. The number of halogens is 3. The fourth-order valence-electron chi connectivity index (χ4n) is 3.91. The summed E-state index contributed by atoms with van der Waals surface area (Å²) in [5, 5.41) is 4.08. The molecule has 1 aliphatic heterocycles. The standard InChI is InChI=1S/C25H21F3N4O5S2/c1-35-18-12-16(6-7-17(18)21-30-24(34)37-31-21)36-13-19-20(23(33)32-8-10-38-11-9-32)29-22(39-19)14-2-4-15(5-3-14)25(26,27)28/h2-7,12H,8-11,13H2,1H3,(H,30,31,34). The third-order valence-electron chi connectivity index (χ3n) is 5.90. The molecule has 1 fully saturated rings. The molecule has 14 heteroatoms. The minimum Gasteiger partial charge on any atom is -0.496 e. The van der Waals surface area contributed by atoms with Gasteiger partial charge in [0.2, 0.25) is 0 Å². The van der Waals surface area contributed by atoms with Gasteiger partial charge >= 0.3 is 11.9 Å². The Morgan fingerprint density at radius 2 is 1.90 bits per heavy atom. The summed E-state index contributed by atoms with van der Waals surface area (Å²) < 4.78 is 55.0. The molecule has 0 radical (unpaired) electrons. The van der Waals surface area contributed by atoms with E-state index in [-0.39, 0.29) is 24.0 Å². The number of H-pyrrole nitrogens is 1. The molecule has 0 aliphatic carbocycles. The smallest absolute Gasteiger partial charge is 0.439 e. The molecule has 0 unspecified atom stereocenters. The van der Waals surface area contributed by atoms with Crippen LogP contribution in [0.5, 0.6) is 11.5 Å². The lowest BCUT2D eigenvalue weighted by molar-refractivity contribution is -0.137. The van der Waals surface area contributed by atoms with Gasteiger partial charge in [0, 0.05) is 36.2 Å². The van der Waals surface area contributed by atoms with E-state index in [4.69, 9.17) is 9.47 Å². The lowest BCUT2D eigenvalue weighted by Crippen LogP contribution is -2.38. The van der Waals surface area contributed by atoms with Gasteiger partial charge in [-0.2, -0.15) is 24.9 Å². The van der Waals surface area contributed by atoms with E-state index in [1.54, 1.807) is 34.9 Å². The Labute approximate surface area is 227 Å². The number of aromatic amines is 1. The highest BCUT2D eigenvalue weighted by Gasteiger charge is 2.30. The van der Waals surface area contributed by atoms with Gasteiger partial charge in [0.15, 0.2) is 5.82 Å². The first kappa shape index (κ1) is 26.8. The zero-order chi connectivity index (χ0) is 27.6. The van der Waals surface area contributed by atoms with Crippen molar-refractivity contribution < 1.29 is 32.0 Å². The molecule has 0 saturated carbocycles. The number of nitrogens with one attached hydrogen (secondary N) is 1. The molecule has 0 atom stereocenters. The van der Waals surface area contributed by atoms with Crippen LogP contribution in [0.1, 0.15) is 20.9 Å². The second-order valence-corrected chi connectivity index (χ2v) is 10.7. The van der Waals surface area contributed by atoms with Crippen LogP contribution in [0.2, 0.25) is 0 Å². The van der Waals surface area contributed by atoms with Crippen molar-refractivity contribution in [1.82, 2.24) is 20.0 Å². The number of thiazole rings is 1. The first-order chi connectivity index (χ1) is 18.7. The average molecular weight is 579 g/mol. The maximum Gasteiger partial charge on any atom is 0.439 e. The van der Waals surface area contributed by atoms with Crippen molar-refractivity contribution in [3.63, 3.8) is 0 Å². The highest BCUT2D eigenvalue weighted by molar-refractivity contribution is 7.99. The molecule has 204 valence electrons. The molecule has 0 spiro atoms. The predicted octanol–water partition coefficient (Wildman–Crippen LogP) is 4.95.